The van der Waals surface area contributed by atoms with Gasteiger partial charge in [0.05, 0.1) is 5.69 Å². The molecule has 2 heteroatoms. The van der Waals surface area contributed by atoms with Crippen LogP contribution in [0, 0.1) is 0 Å². The van der Waals surface area contributed by atoms with E-state index >= 15 is 0 Å². The van der Waals surface area contributed by atoms with Gasteiger partial charge < -0.3 is 4.90 Å². The van der Waals surface area contributed by atoms with E-state index in [0.717, 1.165) is 17.1 Å². The summed E-state index contributed by atoms with van der Waals surface area (Å²) in [6.45, 7) is 0. The van der Waals surface area contributed by atoms with E-state index < -0.39 is 0 Å². The molecule has 0 aliphatic rings. The lowest BCUT2D eigenvalue weighted by molar-refractivity contribution is 1.29. The number of hydrogen-bond acceptors (Lipinski definition) is 2. The van der Waals surface area contributed by atoms with Crippen molar-refractivity contribution in [3.8, 4) is 44.5 Å². The number of fused-ring (bicyclic) bond motifs is 4. The van der Waals surface area contributed by atoms with Crippen molar-refractivity contribution in [2.45, 2.75) is 0 Å². The van der Waals surface area contributed by atoms with Crippen LogP contribution in [0.3, 0.4) is 0 Å². The van der Waals surface area contributed by atoms with E-state index in [-0.39, 0.29) is 0 Å². The van der Waals surface area contributed by atoms with Gasteiger partial charge in [0.15, 0.2) is 0 Å². The van der Waals surface area contributed by atoms with Crippen LogP contribution in [0.15, 0.2) is 212 Å². The topological polar surface area (TPSA) is 3.24 Å². The van der Waals surface area contributed by atoms with Gasteiger partial charge in [-0.3, -0.25) is 0 Å². The molecular weight excluding hydrogens is 671 g/mol. The van der Waals surface area contributed by atoms with Crippen LogP contribution >= 0.6 is 11.3 Å². The number of nitrogens with zero attached hydrogens (tertiary/aromatic N) is 1. The molecule has 1 aromatic heterocycles. The lowest BCUT2D eigenvalue weighted by atomic mass is 9.88. The molecule has 10 rings (SSSR count). The molecule has 9 aromatic carbocycles. The number of benzene rings is 9. The minimum Gasteiger partial charge on any atom is -0.310 e. The minimum atomic E-state index is 1.11. The molecule has 0 aliphatic heterocycles. The standard InChI is InChI=1S/C52H35NS/c1-2-15-38(16-3-1)43-18-6-7-19-44(43)45-20-8-9-21-46(45)47-22-10-12-24-50(47)53(42-32-33-49-48-23-11-13-25-51(48)54-52(49)35-42)41-30-28-37(29-31-41)40-27-26-36-14-4-5-17-39(36)34-40/h1-35H. The summed E-state index contributed by atoms with van der Waals surface area (Å²) in [6.07, 6.45) is 0. The van der Waals surface area contributed by atoms with Crippen LogP contribution in [0.5, 0.6) is 0 Å². The Balaban J connectivity index is 1.15. The quantitative estimate of drug-likeness (QED) is 0.160. The summed E-state index contributed by atoms with van der Waals surface area (Å²) in [5.74, 6) is 0. The van der Waals surface area contributed by atoms with Crippen LogP contribution in [0.25, 0.3) is 75.5 Å². The fourth-order valence-electron chi connectivity index (χ4n) is 7.89. The maximum Gasteiger partial charge on any atom is 0.0540 e. The van der Waals surface area contributed by atoms with E-state index in [9.17, 15) is 0 Å². The summed E-state index contributed by atoms with van der Waals surface area (Å²) in [6, 6.07) is 77.2. The first-order valence-electron chi connectivity index (χ1n) is 18.4. The Labute approximate surface area is 319 Å². The Morgan fingerprint density at radius 3 is 1.65 bits per heavy atom. The summed E-state index contributed by atoms with van der Waals surface area (Å²) in [5.41, 5.74) is 13.0. The Morgan fingerprint density at radius 2 is 0.852 bits per heavy atom. The van der Waals surface area contributed by atoms with E-state index in [4.69, 9.17) is 0 Å². The average molecular weight is 706 g/mol. The van der Waals surface area contributed by atoms with Gasteiger partial charge in [-0.05, 0) is 92.2 Å². The van der Waals surface area contributed by atoms with Crippen LogP contribution in [-0.4, -0.2) is 0 Å². The second-order valence-electron chi connectivity index (χ2n) is 13.7. The molecule has 0 bridgehead atoms. The number of para-hydroxylation sites is 1. The first-order chi connectivity index (χ1) is 26.8. The molecule has 10 aromatic rings. The monoisotopic (exact) mass is 705 g/mol. The van der Waals surface area contributed by atoms with E-state index in [1.165, 1.54) is 75.5 Å². The first kappa shape index (κ1) is 32.0. The third kappa shape index (κ3) is 5.74. The molecule has 0 radical (unpaired) electrons. The predicted octanol–water partition coefficient (Wildman–Crippen LogP) is 15.3. The molecule has 0 amide bonds. The fourth-order valence-corrected chi connectivity index (χ4v) is 9.03. The largest absolute Gasteiger partial charge is 0.310 e. The lowest BCUT2D eigenvalue weighted by Gasteiger charge is -2.29. The Kier molecular flexibility index (Phi) is 8.09. The van der Waals surface area contributed by atoms with Crippen molar-refractivity contribution in [1.29, 1.82) is 0 Å². The summed E-state index contributed by atoms with van der Waals surface area (Å²) >= 11 is 1.86. The van der Waals surface area contributed by atoms with Crippen LogP contribution in [0.1, 0.15) is 0 Å². The van der Waals surface area contributed by atoms with Crippen molar-refractivity contribution >= 4 is 59.3 Å². The lowest BCUT2D eigenvalue weighted by Crippen LogP contribution is -2.11. The van der Waals surface area contributed by atoms with Crippen LogP contribution in [0.2, 0.25) is 0 Å². The maximum absolute atomic E-state index is 2.43. The highest BCUT2D eigenvalue weighted by atomic mass is 32.1. The van der Waals surface area contributed by atoms with Crippen LogP contribution in [-0.2, 0) is 0 Å². The maximum atomic E-state index is 2.43. The molecule has 1 nitrogen and oxygen atoms in total. The summed E-state index contributed by atoms with van der Waals surface area (Å²) in [4.78, 5) is 2.43. The minimum absolute atomic E-state index is 1.11. The summed E-state index contributed by atoms with van der Waals surface area (Å²) in [7, 11) is 0. The highest BCUT2D eigenvalue weighted by molar-refractivity contribution is 7.25. The molecule has 0 fully saturated rings. The van der Waals surface area contributed by atoms with Gasteiger partial charge in [0.25, 0.3) is 0 Å². The molecule has 0 spiro atoms. The third-order valence-electron chi connectivity index (χ3n) is 10.5. The molecule has 0 N–H and O–H groups in total. The summed E-state index contributed by atoms with van der Waals surface area (Å²) in [5, 5.41) is 5.10. The van der Waals surface area contributed by atoms with Crippen molar-refractivity contribution in [2.75, 3.05) is 4.90 Å². The Bertz CT molecular complexity index is 2940. The second kappa shape index (κ2) is 13.7. The van der Waals surface area contributed by atoms with Gasteiger partial charge in [-0.15, -0.1) is 11.3 Å². The van der Waals surface area contributed by atoms with Crippen molar-refractivity contribution < 1.29 is 0 Å². The third-order valence-corrected chi connectivity index (χ3v) is 11.6. The van der Waals surface area contributed by atoms with Crippen molar-refractivity contribution in [1.82, 2.24) is 0 Å². The molecule has 0 aliphatic carbocycles. The smallest absolute Gasteiger partial charge is 0.0540 e. The SMILES string of the molecule is c1ccc(-c2ccccc2-c2ccccc2-c2ccccc2N(c2ccc(-c3ccc4ccccc4c3)cc2)c2ccc3c(c2)sc2ccccc23)cc1. The number of anilines is 3. The Morgan fingerprint density at radius 1 is 0.296 bits per heavy atom. The molecular formula is C52H35NS. The van der Waals surface area contributed by atoms with Gasteiger partial charge in [-0.25, -0.2) is 0 Å². The van der Waals surface area contributed by atoms with Gasteiger partial charge in [0.1, 0.15) is 0 Å². The molecule has 1 heterocycles. The molecule has 0 atom stereocenters. The van der Waals surface area contributed by atoms with Crippen molar-refractivity contribution in [3.05, 3.63) is 212 Å². The number of thiophene rings is 1. The van der Waals surface area contributed by atoms with Gasteiger partial charge in [0, 0.05) is 37.1 Å². The number of hydrogen-bond donors (Lipinski definition) is 0. The normalized spacial score (nSPS) is 11.3. The van der Waals surface area contributed by atoms with Crippen LogP contribution < -0.4 is 4.90 Å². The number of rotatable bonds is 7. The zero-order valence-electron chi connectivity index (χ0n) is 29.6. The zero-order chi connectivity index (χ0) is 35.8. The zero-order valence-corrected chi connectivity index (χ0v) is 30.4. The Hall–Kier alpha value is -6.74. The van der Waals surface area contributed by atoms with Crippen molar-refractivity contribution in [3.63, 3.8) is 0 Å². The van der Waals surface area contributed by atoms with Gasteiger partial charge in [0.2, 0.25) is 0 Å². The van der Waals surface area contributed by atoms with E-state index in [1.54, 1.807) is 0 Å². The van der Waals surface area contributed by atoms with Gasteiger partial charge in [-0.1, -0.05) is 170 Å². The van der Waals surface area contributed by atoms with Crippen molar-refractivity contribution in [2.24, 2.45) is 0 Å². The van der Waals surface area contributed by atoms with E-state index in [1.807, 2.05) is 11.3 Å². The van der Waals surface area contributed by atoms with Crippen LogP contribution in [0.4, 0.5) is 17.1 Å². The highest BCUT2D eigenvalue weighted by Gasteiger charge is 2.21. The first-order valence-corrected chi connectivity index (χ1v) is 19.2. The van der Waals surface area contributed by atoms with Gasteiger partial charge in [-0.2, -0.15) is 0 Å². The molecule has 54 heavy (non-hydrogen) atoms. The average Bonchev–Trinajstić information content (AvgIpc) is 3.62. The van der Waals surface area contributed by atoms with E-state index in [2.05, 4.69) is 217 Å². The molecule has 254 valence electrons. The highest BCUT2D eigenvalue weighted by Crippen LogP contribution is 2.46. The molecule has 0 unspecified atom stereocenters. The van der Waals surface area contributed by atoms with E-state index in [0.29, 0.717) is 0 Å². The molecule has 0 saturated carbocycles. The fraction of sp³-hybridized carbons (Fsp3) is 0. The second-order valence-corrected chi connectivity index (χ2v) is 14.8. The molecule has 0 saturated heterocycles. The predicted molar refractivity (Wildman–Crippen MR) is 233 cm³/mol. The summed E-state index contributed by atoms with van der Waals surface area (Å²) < 4.78 is 2.59. The van der Waals surface area contributed by atoms with Gasteiger partial charge >= 0.3 is 0 Å².